The molecule has 0 aliphatic rings. The maximum atomic E-state index is 12.2. The molecule has 6 heteroatoms. The van der Waals surface area contributed by atoms with Gasteiger partial charge in [0, 0.05) is 65.5 Å². The maximum absolute atomic E-state index is 12.2. The molecule has 0 unspecified atom stereocenters. The highest BCUT2D eigenvalue weighted by Crippen LogP contribution is 2.19. The van der Waals surface area contributed by atoms with Gasteiger partial charge in [0.2, 0.25) is 5.91 Å². The topological polar surface area (TPSA) is 105 Å². The number of benzene rings is 1. The van der Waals surface area contributed by atoms with E-state index in [2.05, 4.69) is 15.3 Å². The number of anilines is 1. The van der Waals surface area contributed by atoms with Crippen LogP contribution in [-0.4, -0.2) is 22.1 Å². The van der Waals surface area contributed by atoms with E-state index in [9.17, 15) is 4.79 Å². The van der Waals surface area contributed by atoms with Gasteiger partial charge in [-0.1, -0.05) is 6.07 Å². The van der Waals surface area contributed by atoms with Crippen LogP contribution in [0.5, 0.6) is 0 Å². The molecule has 0 atom stereocenters. The summed E-state index contributed by atoms with van der Waals surface area (Å²) in [5, 5.41) is 12.3. The summed E-state index contributed by atoms with van der Waals surface area (Å²) in [6, 6.07) is 9.26. The summed E-state index contributed by atoms with van der Waals surface area (Å²) in [6.45, 7) is 0. The van der Waals surface area contributed by atoms with Crippen molar-refractivity contribution in [3.8, 4) is 0 Å². The predicted molar refractivity (Wildman–Crippen MR) is 105 cm³/mol. The Labute approximate surface area is 150 Å². The minimum absolute atomic E-state index is 0.263. The van der Waals surface area contributed by atoms with Gasteiger partial charge in [-0.3, -0.25) is 14.8 Å². The van der Waals surface area contributed by atoms with Crippen LogP contribution in [0.25, 0.3) is 22.4 Å². The Morgan fingerprint density at radius 1 is 1.08 bits per heavy atom. The van der Waals surface area contributed by atoms with Gasteiger partial charge >= 0.3 is 0 Å². The molecular weight excluding hydrogens is 326 g/mol. The third kappa shape index (κ3) is 3.81. The summed E-state index contributed by atoms with van der Waals surface area (Å²) in [5.41, 5.74) is 8.24. The van der Waals surface area contributed by atoms with E-state index in [0.717, 1.165) is 22.6 Å². The standard InChI is InChI=1S/C20H17N5O/c21-10-17(11-22)19-6-8-24-13-16(19)2-4-20(26)25-18-3-1-15-12-23-7-5-14(15)9-18/h1-13,21H,22H2,(H,25,26)/b4-2+,17-11+,21-10?. The summed E-state index contributed by atoms with van der Waals surface area (Å²) in [7, 11) is 0. The van der Waals surface area contributed by atoms with Crippen LogP contribution in [0.15, 0.2) is 67.4 Å². The minimum atomic E-state index is -0.263. The van der Waals surface area contributed by atoms with Crippen LogP contribution in [0, 0.1) is 5.41 Å². The number of hydrogen-bond acceptors (Lipinski definition) is 5. The number of rotatable bonds is 5. The lowest BCUT2D eigenvalue weighted by Crippen LogP contribution is -2.07. The highest BCUT2D eigenvalue weighted by molar-refractivity contribution is 6.10. The van der Waals surface area contributed by atoms with Crippen molar-refractivity contribution in [2.75, 3.05) is 5.32 Å². The predicted octanol–water partition coefficient (Wildman–Crippen LogP) is 3.23. The van der Waals surface area contributed by atoms with Crippen molar-refractivity contribution >= 4 is 40.2 Å². The van der Waals surface area contributed by atoms with Gasteiger partial charge in [-0.15, -0.1) is 0 Å². The first-order valence-corrected chi connectivity index (χ1v) is 7.91. The Balaban J connectivity index is 1.78. The number of hydrogen-bond donors (Lipinski definition) is 3. The molecule has 26 heavy (non-hydrogen) atoms. The number of aromatic nitrogens is 2. The summed E-state index contributed by atoms with van der Waals surface area (Å²) < 4.78 is 0. The minimum Gasteiger partial charge on any atom is -0.404 e. The highest BCUT2D eigenvalue weighted by atomic mass is 16.1. The van der Waals surface area contributed by atoms with Crippen LogP contribution in [0.4, 0.5) is 5.69 Å². The molecular formula is C20H17N5O. The fourth-order valence-corrected chi connectivity index (χ4v) is 2.53. The first-order valence-electron chi connectivity index (χ1n) is 7.91. The molecule has 0 radical (unpaired) electrons. The molecule has 2 heterocycles. The maximum Gasteiger partial charge on any atom is 0.248 e. The van der Waals surface area contributed by atoms with E-state index in [0.29, 0.717) is 16.8 Å². The summed E-state index contributed by atoms with van der Waals surface area (Å²) in [5.74, 6) is -0.263. The smallest absolute Gasteiger partial charge is 0.248 e. The molecule has 4 N–H and O–H groups in total. The Kier molecular flexibility index (Phi) is 5.14. The lowest BCUT2D eigenvalue weighted by molar-refractivity contribution is -0.111. The van der Waals surface area contributed by atoms with E-state index >= 15 is 0 Å². The molecule has 128 valence electrons. The highest BCUT2D eigenvalue weighted by Gasteiger charge is 2.05. The number of allylic oxidation sites excluding steroid dienone is 1. The summed E-state index contributed by atoms with van der Waals surface area (Å²) in [4.78, 5) is 20.4. The molecule has 3 rings (SSSR count). The zero-order valence-corrected chi connectivity index (χ0v) is 13.9. The van der Waals surface area contributed by atoms with Crippen LogP contribution in [0.2, 0.25) is 0 Å². The average Bonchev–Trinajstić information content (AvgIpc) is 2.68. The Bertz CT molecular complexity index is 1020. The molecule has 0 fully saturated rings. The quantitative estimate of drug-likeness (QED) is 0.488. The average molecular weight is 343 g/mol. The van der Waals surface area contributed by atoms with Crippen molar-refractivity contribution in [3.05, 3.63) is 78.5 Å². The second kappa shape index (κ2) is 7.85. The number of carbonyl (C=O) groups is 1. The molecule has 6 nitrogen and oxygen atoms in total. The van der Waals surface area contributed by atoms with E-state index in [1.807, 2.05) is 24.3 Å². The molecule has 3 aromatic rings. The molecule has 0 aliphatic carbocycles. The molecule has 0 saturated heterocycles. The zero-order valence-electron chi connectivity index (χ0n) is 13.9. The van der Waals surface area contributed by atoms with Gasteiger partial charge in [0.05, 0.1) is 0 Å². The fourth-order valence-electron chi connectivity index (χ4n) is 2.53. The van der Waals surface area contributed by atoms with Gasteiger partial charge in [-0.25, -0.2) is 0 Å². The van der Waals surface area contributed by atoms with E-state index in [4.69, 9.17) is 11.1 Å². The van der Waals surface area contributed by atoms with Crippen molar-refractivity contribution < 1.29 is 4.79 Å². The monoisotopic (exact) mass is 343 g/mol. The summed E-state index contributed by atoms with van der Waals surface area (Å²) >= 11 is 0. The van der Waals surface area contributed by atoms with Crippen molar-refractivity contribution in [2.45, 2.75) is 0 Å². The number of nitrogens with zero attached hydrogens (tertiary/aromatic N) is 2. The largest absolute Gasteiger partial charge is 0.404 e. The normalized spacial score (nSPS) is 11.6. The van der Waals surface area contributed by atoms with Gasteiger partial charge in [0.1, 0.15) is 0 Å². The molecule has 1 amide bonds. The number of carbonyl (C=O) groups excluding carboxylic acids is 1. The first-order chi connectivity index (χ1) is 12.7. The lowest BCUT2D eigenvalue weighted by Gasteiger charge is -2.06. The van der Waals surface area contributed by atoms with Crippen molar-refractivity contribution in [3.63, 3.8) is 0 Å². The van der Waals surface area contributed by atoms with Gasteiger partial charge in [0.15, 0.2) is 0 Å². The van der Waals surface area contributed by atoms with E-state index in [-0.39, 0.29) is 5.91 Å². The molecule has 0 aliphatic heterocycles. The fraction of sp³-hybridized carbons (Fsp3) is 0. The molecule has 0 spiro atoms. The van der Waals surface area contributed by atoms with Crippen LogP contribution < -0.4 is 11.1 Å². The molecule has 2 aromatic heterocycles. The third-order valence-corrected chi connectivity index (χ3v) is 3.82. The van der Waals surface area contributed by atoms with E-state index in [1.165, 1.54) is 12.3 Å². The SMILES string of the molecule is N=C/C(=C\N)c1ccncc1/C=C/C(=O)Nc1ccc2cnccc2c1. The second-order valence-corrected chi connectivity index (χ2v) is 5.49. The molecule has 0 bridgehead atoms. The third-order valence-electron chi connectivity index (χ3n) is 3.82. The van der Waals surface area contributed by atoms with Gasteiger partial charge in [-0.2, -0.15) is 0 Å². The van der Waals surface area contributed by atoms with Crippen LogP contribution in [-0.2, 0) is 4.79 Å². The Morgan fingerprint density at radius 2 is 1.88 bits per heavy atom. The van der Waals surface area contributed by atoms with E-state index in [1.54, 1.807) is 36.9 Å². The van der Waals surface area contributed by atoms with Crippen LogP contribution in [0.3, 0.4) is 0 Å². The second-order valence-electron chi connectivity index (χ2n) is 5.49. The van der Waals surface area contributed by atoms with Gasteiger partial charge < -0.3 is 16.5 Å². The number of fused-ring (bicyclic) bond motifs is 1. The molecule has 1 aromatic carbocycles. The van der Waals surface area contributed by atoms with Gasteiger partial charge in [0.25, 0.3) is 0 Å². The zero-order chi connectivity index (χ0) is 18.4. The van der Waals surface area contributed by atoms with Crippen molar-refractivity contribution in [1.82, 2.24) is 9.97 Å². The Hall–Kier alpha value is -3.80. The number of nitrogens with two attached hydrogens (primary N) is 1. The number of amides is 1. The van der Waals surface area contributed by atoms with Crippen LogP contribution in [0.1, 0.15) is 11.1 Å². The van der Waals surface area contributed by atoms with E-state index < -0.39 is 0 Å². The molecule has 0 saturated carbocycles. The Morgan fingerprint density at radius 3 is 2.69 bits per heavy atom. The first kappa shape index (κ1) is 17.0. The van der Waals surface area contributed by atoms with Crippen molar-refractivity contribution in [2.24, 2.45) is 5.73 Å². The van der Waals surface area contributed by atoms with Crippen LogP contribution >= 0.6 is 0 Å². The number of pyridine rings is 2. The summed E-state index contributed by atoms with van der Waals surface area (Å²) in [6.07, 6.45) is 12.3. The van der Waals surface area contributed by atoms with Gasteiger partial charge in [-0.05, 0) is 41.3 Å². The number of nitrogens with one attached hydrogen (secondary N) is 2. The lowest BCUT2D eigenvalue weighted by atomic mass is 10.0. The van der Waals surface area contributed by atoms with Crippen molar-refractivity contribution in [1.29, 1.82) is 5.41 Å².